The minimum absolute atomic E-state index is 0. The Kier molecular flexibility index (Phi) is 5.60. The van der Waals surface area contributed by atoms with Crippen LogP contribution in [0.3, 0.4) is 0 Å². The fourth-order valence-corrected chi connectivity index (χ4v) is 1.09. The van der Waals surface area contributed by atoms with Gasteiger partial charge < -0.3 is 10.8 Å². The van der Waals surface area contributed by atoms with Crippen molar-refractivity contribution in [1.29, 1.82) is 0 Å². The molecule has 0 saturated heterocycles. The Morgan fingerprint density at radius 2 is 2.00 bits per heavy atom. The first-order valence-electron chi connectivity index (χ1n) is 3.96. The van der Waals surface area contributed by atoms with Crippen LogP contribution in [0.5, 0.6) is 0 Å². The van der Waals surface area contributed by atoms with Gasteiger partial charge in [-0.3, -0.25) is 0 Å². The Morgan fingerprint density at radius 3 is 2.57 bits per heavy atom. The second kappa shape index (κ2) is 5.90. The predicted octanol–water partition coefficient (Wildman–Crippen LogP) is 1.77. The van der Waals surface area contributed by atoms with Crippen LogP contribution in [0, 0.1) is 11.6 Å². The summed E-state index contributed by atoms with van der Waals surface area (Å²) in [6, 6.07) is 2.46. The van der Waals surface area contributed by atoms with E-state index in [1.54, 1.807) is 0 Å². The van der Waals surface area contributed by atoms with Crippen LogP contribution in [-0.4, -0.2) is 11.7 Å². The molecule has 2 nitrogen and oxygen atoms in total. The largest absolute Gasteiger partial charge is 0.396 e. The van der Waals surface area contributed by atoms with Crippen molar-refractivity contribution in [3.05, 3.63) is 35.4 Å². The Labute approximate surface area is 87.1 Å². The number of hydrogen-bond acceptors (Lipinski definition) is 2. The monoisotopic (exact) mass is 223 g/mol. The highest BCUT2D eigenvalue weighted by Crippen LogP contribution is 2.18. The van der Waals surface area contributed by atoms with Crippen LogP contribution >= 0.6 is 12.4 Å². The molecule has 5 heteroatoms. The molecule has 0 fully saturated rings. The van der Waals surface area contributed by atoms with Crippen molar-refractivity contribution >= 4 is 12.4 Å². The Hall–Kier alpha value is -0.710. The third kappa shape index (κ3) is 3.21. The van der Waals surface area contributed by atoms with E-state index in [0.717, 1.165) is 18.2 Å². The molecule has 0 heterocycles. The number of benzene rings is 1. The maximum Gasteiger partial charge on any atom is 0.128 e. The second-order valence-electron chi connectivity index (χ2n) is 2.78. The lowest BCUT2D eigenvalue weighted by atomic mass is 10.0. The van der Waals surface area contributed by atoms with Gasteiger partial charge in [0.1, 0.15) is 11.6 Å². The summed E-state index contributed by atoms with van der Waals surface area (Å²) >= 11 is 0. The van der Waals surface area contributed by atoms with Crippen molar-refractivity contribution in [3.8, 4) is 0 Å². The van der Waals surface area contributed by atoms with Crippen molar-refractivity contribution in [2.75, 3.05) is 6.61 Å². The fourth-order valence-electron chi connectivity index (χ4n) is 1.09. The Morgan fingerprint density at radius 1 is 1.36 bits per heavy atom. The molecule has 0 aliphatic rings. The number of aliphatic hydroxyl groups is 1. The number of aliphatic hydroxyl groups excluding tert-OH is 1. The van der Waals surface area contributed by atoms with Crippen LogP contribution in [0.2, 0.25) is 0 Å². The van der Waals surface area contributed by atoms with Crippen LogP contribution in [0.15, 0.2) is 18.2 Å². The zero-order chi connectivity index (χ0) is 9.84. The van der Waals surface area contributed by atoms with Crippen LogP contribution in [0.4, 0.5) is 8.78 Å². The smallest absolute Gasteiger partial charge is 0.128 e. The van der Waals surface area contributed by atoms with Crippen molar-refractivity contribution in [2.24, 2.45) is 5.73 Å². The summed E-state index contributed by atoms with van der Waals surface area (Å²) in [5.41, 5.74) is 5.61. The third-order valence-electron chi connectivity index (χ3n) is 1.80. The Bertz CT molecular complexity index is 296. The Balaban J connectivity index is 0.00000169. The van der Waals surface area contributed by atoms with Gasteiger partial charge in [-0.15, -0.1) is 12.4 Å². The average Bonchev–Trinajstić information content (AvgIpc) is 2.09. The summed E-state index contributed by atoms with van der Waals surface area (Å²) in [6.07, 6.45) is 0.223. The summed E-state index contributed by atoms with van der Waals surface area (Å²) in [6.45, 7) is -0.142. The molecule has 0 saturated carbocycles. The number of halogens is 3. The summed E-state index contributed by atoms with van der Waals surface area (Å²) in [7, 11) is 0. The minimum atomic E-state index is -0.652. The van der Waals surface area contributed by atoms with E-state index in [0.29, 0.717) is 0 Å². The highest BCUT2D eigenvalue weighted by molar-refractivity contribution is 5.85. The van der Waals surface area contributed by atoms with E-state index in [2.05, 4.69) is 0 Å². The standard InChI is InChI=1S/C9H11F2NO.ClH/c10-6-1-2-8(11)7(5-6)9(12)3-4-13;/h1-2,5,9,13H,3-4,12H2;1H/t9-;/m1./s1. The normalized spacial score (nSPS) is 12.0. The van der Waals surface area contributed by atoms with Gasteiger partial charge in [0.05, 0.1) is 0 Å². The number of hydrogen-bond donors (Lipinski definition) is 2. The first-order chi connectivity index (χ1) is 6.15. The molecule has 80 valence electrons. The van der Waals surface area contributed by atoms with Gasteiger partial charge in [-0.2, -0.15) is 0 Å². The number of rotatable bonds is 3. The van der Waals surface area contributed by atoms with Crippen LogP contribution in [0.1, 0.15) is 18.0 Å². The molecule has 0 radical (unpaired) electrons. The fraction of sp³-hybridized carbons (Fsp3) is 0.333. The van der Waals surface area contributed by atoms with Crippen molar-refractivity contribution in [2.45, 2.75) is 12.5 Å². The van der Waals surface area contributed by atoms with Gasteiger partial charge in [-0.05, 0) is 24.6 Å². The molecular weight excluding hydrogens is 212 g/mol. The molecule has 1 aromatic carbocycles. The van der Waals surface area contributed by atoms with Gasteiger partial charge in [-0.1, -0.05) is 0 Å². The molecule has 14 heavy (non-hydrogen) atoms. The molecule has 0 bridgehead atoms. The summed E-state index contributed by atoms with van der Waals surface area (Å²) in [5, 5.41) is 8.56. The maximum absolute atomic E-state index is 13.0. The lowest BCUT2D eigenvalue weighted by molar-refractivity contribution is 0.275. The lowest BCUT2D eigenvalue weighted by Crippen LogP contribution is -2.13. The quantitative estimate of drug-likeness (QED) is 0.821. The van der Waals surface area contributed by atoms with Gasteiger partial charge in [-0.25, -0.2) is 8.78 Å². The van der Waals surface area contributed by atoms with Crippen molar-refractivity contribution < 1.29 is 13.9 Å². The van der Waals surface area contributed by atoms with E-state index in [4.69, 9.17) is 10.8 Å². The van der Waals surface area contributed by atoms with E-state index >= 15 is 0 Å². The molecule has 0 amide bonds. The highest BCUT2D eigenvalue weighted by Gasteiger charge is 2.11. The first-order valence-corrected chi connectivity index (χ1v) is 3.96. The predicted molar refractivity (Wildman–Crippen MR) is 52.2 cm³/mol. The number of nitrogens with two attached hydrogens (primary N) is 1. The van der Waals surface area contributed by atoms with E-state index in [1.807, 2.05) is 0 Å². The molecule has 1 aromatic rings. The molecule has 0 aliphatic heterocycles. The molecule has 1 atom stereocenters. The van der Waals surface area contributed by atoms with Crippen LogP contribution < -0.4 is 5.73 Å². The van der Waals surface area contributed by atoms with Gasteiger partial charge in [0.25, 0.3) is 0 Å². The lowest BCUT2D eigenvalue weighted by Gasteiger charge is -2.10. The molecule has 0 unspecified atom stereocenters. The van der Waals surface area contributed by atoms with Crippen LogP contribution in [0.25, 0.3) is 0 Å². The highest BCUT2D eigenvalue weighted by atomic mass is 35.5. The van der Waals surface area contributed by atoms with Gasteiger partial charge in [0.2, 0.25) is 0 Å². The van der Waals surface area contributed by atoms with Crippen LogP contribution in [-0.2, 0) is 0 Å². The second-order valence-corrected chi connectivity index (χ2v) is 2.78. The summed E-state index contributed by atoms with van der Waals surface area (Å²) in [5.74, 6) is -1.06. The van der Waals surface area contributed by atoms with Gasteiger partial charge >= 0.3 is 0 Å². The SMILES string of the molecule is Cl.N[C@H](CCO)c1cc(F)ccc1F. The zero-order valence-electron chi connectivity index (χ0n) is 7.41. The van der Waals surface area contributed by atoms with E-state index in [-0.39, 0.29) is 31.0 Å². The van der Waals surface area contributed by atoms with E-state index in [9.17, 15) is 8.78 Å². The molecule has 0 aliphatic carbocycles. The van der Waals surface area contributed by atoms with Crippen molar-refractivity contribution in [3.63, 3.8) is 0 Å². The molecule has 1 rings (SSSR count). The van der Waals surface area contributed by atoms with Gasteiger partial charge in [0, 0.05) is 18.2 Å². The molecule has 3 N–H and O–H groups in total. The van der Waals surface area contributed by atoms with E-state index < -0.39 is 17.7 Å². The summed E-state index contributed by atoms with van der Waals surface area (Å²) < 4.78 is 25.7. The maximum atomic E-state index is 13.0. The average molecular weight is 224 g/mol. The van der Waals surface area contributed by atoms with Gasteiger partial charge in [0.15, 0.2) is 0 Å². The molecule has 0 aromatic heterocycles. The topological polar surface area (TPSA) is 46.2 Å². The van der Waals surface area contributed by atoms with Crippen molar-refractivity contribution in [1.82, 2.24) is 0 Å². The molecule has 0 spiro atoms. The molecular formula is C9H12ClF2NO. The summed E-state index contributed by atoms with van der Waals surface area (Å²) in [4.78, 5) is 0. The van der Waals surface area contributed by atoms with E-state index in [1.165, 1.54) is 0 Å². The minimum Gasteiger partial charge on any atom is -0.396 e. The zero-order valence-corrected chi connectivity index (χ0v) is 8.23. The first kappa shape index (κ1) is 13.3. The third-order valence-corrected chi connectivity index (χ3v) is 1.80.